The molecular formula is C14H26N2O4. The van der Waals surface area contributed by atoms with Crippen molar-refractivity contribution in [1.82, 2.24) is 10.4 Å². The molecule has 0 aromatic rings. The van der Waals surface area contributed by atoms with Gasteiger partial charge in [0.1, 0.15) is 11.2 Å². The summed E-state index contributed by atoms with van der Waals surface area (Å²) in [6.45, 7) is 11.1. The van der Waals surface area contributed by atoms with Crippen LogP contribution in [-0.4, -0.2) is 34.9 Å². The summed E-state index contributed by atoms with van der Waals surface area (Å²) in [5, 5.41) is 1.21. The summed E-state index contributed by atoms with van der Waals surface area (Å²) in [7, 11) is 0. The minimum atomic E-state index is -0.649. The first-order valence-corrected chi connectivity index (χ1v) is 6.96. The van der Waals surface area contributed by atoms with E-state index < -0.39 is 23.4 Å². The maximum atomic E-state index is 12.1. The summed E-state index contributed by atoms with van der Waals surface area (Å²) in [5.74, 6) is 0.428. The first kappa shape index (κ1) is 16.6. The molecule has 0 saturated heterocycles. The van der Waals surface area contributed by atoms with Gasteiger partial charge >= 0.3 is 12.2 Å². The number of nitrogens with one attached hydrogen (secondary N) is 1. The molecule has 0 radical (unpaired) electrons. The zero-order chi connectivity index (χ0) is 15.6. The Morgan fingerprint density at radius 1 is 1.05 bits per heavy atom. The molecule has 1 N–H and O–H groups in total. The molecule has 6 heteroatoms. The van der Waals surface area contributed by atoms with Gasteiger partial charge in [0.05, 0.1) is 0 Å². The van der Waals surface area contributed by atoms with Crippen molar-refractivity contribution < 1.29 is 19.1 Å². The van der Waals surface area contributed by atoms with Crippen LogP contribution in [0.1, 0.15) is 54.4 Å². The maximum Gasteiger partial charge on any atom is 0.429 e. The lowest BCUT2D eigenvalue weighted by molar-refractivity contribution is 0.000338. The van der Waals surface area contributed by atoms with Gasteiger partial charge in [0.15, 0.2) is 0 Å². The third-order valence-electron chi connectivity index (χ3n) is 2.38. The number of rotatable bonds is 2. The van der Waals surface area contributed by atoms with Gasteiger partial charge in [-0.1, -0.05) is 0 Å². The van der Waals surface area contributed by atoms with Crippen molar-refractivity contribution in [2.75, 3.05) is 6.54 Å². The molecule has 0 unspecified atom stereocenters. The van der Waals surface area contributed by atoms with Crippen molar-refractivity contribution in [3.8, 4) is 0 Å². The van der Waals surface area contributed by atoms with E-state index in [4.69, 9.17) is 9.47 Å². The first-order valence-electron chi connectivity index (χ1n) is 6.96. The smallest absolute Gasteiger partial charge is 0.429 e. The number of nitrogens with zero attached hydrogens (tertiary/aromatic N) is 1. The molecule has 6 nitrogen and oxygen atoms in total. The van der Waals surface area contributed by atoms with Gasteiger partial charge in [0.2, 0.25) is 0 Å². The molecule has 0 heterocycles. The molecule has 0 aromatic carbocycles. The predicted octanol–water partition coefficient (Wildman–Crippen LogP) is 3.07. The van der Waals surface area contributed by atoms with Crippen LogP contribution in [0.2, 0.25) is 0 Å². The van der Waals surface area contributed by atoms with Gasteiger partial charge < -0.3 is 9.47 Å². The van der Waals surface area contributed by atoms with E-state index in [1.54, 1.807) is 41.5 Å². The summed E-state index contributed by atoms with van der Waals surface area (Å²) >= 11 is 0. The Kier molecular flexibility index (Phi) is 4.89. The van der Waals surface area contributed by atoms with Crippen LogP contribution in [0.3, 0.4) is 0 Å². The largest absolute Gasteiger partial charge is 0.443 e. The minimum absolute atomic E-state index is 0.428. The molecule has 20 heavy (non-hydrogen) atoms. The molecule has 116 valence electrons. The van der Waals surface area contributed by atoms with E-state index in [2.05, 4.69) is 5.43 Å². The van der Waals surface area contributed by atoms with Gasteiger partial charge in [-0.25, -0.2) is 20.0 Å². The molecule has 0 atom stereocenters. The number of carbonyl (C=O) groups is 2. The van der Waals surface area contributed by atoms with E-state index >= 15 is 0 Å². The van der Waals surface area contributed by atoms with E-state index in [9.17, 15) is 9.59 Å². The van der Waals surface area contributed by atoms with Gasteiger partial charge in [-0.3, -0.25) is 0 Å². The van der Waals surface area contributed by atoms with Crippen LogP contribution in [0, 0.1) is 5.92 Å². The van der Waals surface area contributed by atoms with Crippen molar-refractivity contribution in [3.05, 3.63) is 0 Å². The van der Waals surface area contributed by atoms with Gasteiger partial charge in [-0.05, 0) is 60.3 Å². The zero-order valence-corrected chi connectivity index (χ0v) is 13.3. The van der Waals surface area contributed by atoms with Crippen LogP contribution < -0.4 is 5.43 Å². The Morgan fingerprint density at radius 2 is 1.55 bits per heavy atom. The highest BCUT2D eigenvalue weighted by Gasteiger charge is 2.31. The molecule has 1 aliphatic rings. The lowest BCUT2D eigenvalue weighted by atomic mass is 10.2. The van der Waals surface area contributed by atoms with E-state index in [-0.39, 0.29) is 0 Å². The fourth-order valence-corrected chi connectivity index (χ4v) is 1.45. The van der Waals surface area contributed by atoms with Crippen molar-refractivity contribution in [1.29, 1.82) is 0 Å². The Labute approximate surface area is 120 Å². The standard InChI is InChI=1S/C14H26N2O4/c1-13(2,3)19-11(17)15-16(9-10-7-8-10)12(18)20-14(4,5)6/h10H,7-9H2,1-6H3,(H,15,17). The number of hydrogen-bond acceptors (Lipinski definition) is 4. The molecule has 0 aliphatic heterocycles. The second kappa shape index (κ2) is 5.89. The van der Waals surface area contributed by atoms with Gasteiger partial charge in [0.25, 0.3) is 0 Å². The summed E-state index contributed by atoms with van der Waals surface area (Å²) in [5.41, 5.74) is 1.25. The Hall–Kier alpha value is -1.46. The second-order valence-corrected chi connectivity index (χ2v) is 7.15. The second-order valence-electron chi connectivity index (χ2n) is 7.15. The summed E-state index contributed by atoms with van der Waals surface area (Å²) in [4.78, 5) is 23.8. The van der Waals surface area contributed by atoms with E-state index in [0.717, 1.165) is 12.8 Å². The van der Waals surface area contributed by atoms with Gasteiger partial charge in [0, 0.05) is 6.54 Å². The predicted molar refractivity (Wildman–Crippen MR) is 75.0 cm³/mol. The topological polar surface area (TPSA) is 67.9 Å². The molecule has 0 spiro atoms. The Morgan fingerprint density at radius 3 is 1.95 bits per heavy atom. The molecule has 1 saturated carbocycles. The van der Waals surface area contributed by atoms with Crippen molar-refractivity contribution in [2.45, 2.75) is 65.6 Å². The minimum Gasteiger partial charge on any atom is -0.443 e. The summed E-state index contributed by atoms with van der Waals surface area (Å²) < 4.78 is 10.4. The van der Waals surface area contributed by atoms with Crippen LogP contribution in [0.4, 0.5) is 9.59 Å². The number of ether oxygens (including phenoxy) is 2. The van der Waals surface area contributed by atoms with Crippen molar-refractivity contribution >= 4 is 12.2 Å². The average molecular weight is 286 g/mol. The molecule has 0 aromatic heterocycles. The van der Waals surface area contributed by atoms with Gasteiger partial charge in [-0.15, -0.1) is 0 Å². The number of carbonyl (C=O) groups excluding carboxylic acids is 2. The zero-order valence-electron chi connectivity index (χ0n) is 13.3. The fraction of sp³-hybridized carbons (Fsp3) is 0.857. The van der Waals surface area contributed by atoms with E-state index in [1.807, 2.05) is 0 Å². The number of hydrazine groups is 1. The van der Waals surface area contributed by atoms with Crippen LogP contribution in [-0.2, 0) is 9.47 Å². The SMILES string of the molecule is CC(C)(C)OC(=O)NN(CC1CC1)C(=O)OC(C)(C)C. The van der Waals surface area contributed by atoms with Crippen LogP contribution in [0.15, 0.2) is 0 Å². The highest BCUT2D eigenvalue weighted by molar-refractivity contribution is 5.74. The Balaban J connectivity index is 2.59. The molecule has 2 amide bonds. The number of hydrogen-bond donors (Lipinski definition) is 1. The quantitative estimate of drug-likeness (QED) is 0.792. The summed E-state index contributed by atoms with van der Waals surface area (Å²) in [6.07, 6.45) is 0.921. The molecular weight excluding hydrogens is 260 g/mol. The highest BCUT2D eigenvalue weighted by Crippen LogP contribution is 2.29. The highest BCUT2D eigenvalue weighted by atomic mass is 16.6. The lowest BCUT2D eigenvalue weighted by Crippen LogP contribution is -2.50. The monoisotopic (exact) mass is 286 g/mol. The average Bonchev–Trinajstić information content (AvgIpc) is 2.94. The third-order valence-corrected chi connectivity index (χ3v) is 2.38. The number of amides is 2. The van der Waals surface area contributed by atoms with Crippen LogP contribution in [0.25, 0.3) is 0 Å². The van der Waals surface area contributed by atoms with Crippen LogP contribution in [0.5, 0.6) is 0 Å². The molecule has 1 fully saturated rings. The van der Waals surface area contributed by atoms with E-state index in [0.29, 0.717) is 12.5 Å². The van der Waals surface area contributed by atoms with Crippen molar-refractivity contribution in [2.24, 2.45) is 5.92 Å². The normalized spacial score (nSPS) is 15.5. The van der Waals surface area contributed by atoms with Crippen molar-refractivity contribution in [3.63, 3.8) is 0 Å². The first-order chi connectivity index (χ1) is 8.96. The Bertz CT molecular complexity index is 364. The lowest BCUT2D eigenvalue weighted by Gasteiger charge is -2.28. The molecule has 1 rings (SSSR count). The van der Waals surface area contributed by atoms with Crippen LogP contribution >= 0.6 is 0 Å². The molecule has 1 aliphatic carbocycles. The maximum absolute atomic E-state index is 12.1. The van der Waals surface area contributed by atoms with E-state index in [1.165, 1.54) is 5.01 Å². The fourth-order valence-electron chi connectivity index (χ4n) is 1.45. The molecule has 0 bridgehead atoms. The van der Waals surface area contributed by atoms with Gasteiger partial charge in [-0.2, -0.15) is 0 Å². The third kappa shape index (κ3) is 7.21. The summed E-state index contributed by atoms with van der Waals surface area (Å²) in [6, 6.07) is 0.